The number of thiazole rings is 1. The van der Waals surface area contributed by atoms with Gasteiger partial charge in [-0.2, -0.15) is 4.99 Å². The summed E-state index contributed by atoms with van der Waals surface area (Å²) in [6.07, 6.45) is 2.84. The molecule has 0 unspecified atom stereocenters. The van der Waals surface area contributed by atoms with Crippen LogP contribution >= 0.6 is 22.7 Å². The topological polar surface area (TPSA) is 86.7 Å². The van der Waals surface area contributed by atoms with E-state index in [1.165, 1.54) is 29.6 Å². The van der Waals surface area contributed by atoms with Gasteiger partial charge in [-0.15, -0.1) is 0 Å². The van der Waals surface area contributed by atoms with E-state index in [1.54, 1.807) is 6.07 Å². The first-order valence-electron chi connectivity index (χ1n) is 7.72. The average molecular weight is 389 g/mol. The molecule has 134 valence electrons. The number of benzene rings is 1. The molecular formula is C17H15N3O4S2. The van der Waals surface area contributed by atoms with Gasteiger partial charge >= 0.3 is 5.00 Å². The molecule has 0 radical (unpaired) electrons. The monoisotopic (exact) mass is 389 g/mol. The number of aromatic nitrogens is 1. The number of hydrogen-bond acceptors (Lipinski definition) is 6. The van der Waals surface area contributed by atoms with Crippen LogP contribution in [0.1, 0.15) is 11.8 Å². The van der Waals surface area contributed by atoms with E-state index in [1.807, 2.05) is 36.7 Å². The quantitative estimate of drug-likeness (QED) is 0.378. The molecule has 3 aromatic rings. The summed E-state index contributed by atoms with van der Waals surface area (Å²) in [5, 5.41) is 10.7. The number of para-hydroxylation sites is 1. The number of nitro groups is 1. The number of nitrogens with zero attached hydrogens (tertiary/aromatic N) is 3. The first kappa shape index (κ1) is 18.0. The zero-order chi connectivity index (χ0) is 18.7. The van der Waals surface area contributed by atoms with Gasteiger partial charge in [0.15, 0.2) is 4.80 Å². The van der Waals surface area contributed by atoms with E-state index in [0.29, 0.717) is 16.3 Å². The Kier molecular flexibility index (Phi) is 5.29. The Labute approximate surface area is 156 Å². The van der Waals surface area contributed by atoms with Crippen LogP contribution in [0.3, 0.4) is 0 Å². The lowest BCUT2D eigenvalue weighted by atomic mass is 10.3. The second-order valence-electron chi connectivity index (χ2n) is 5.20. The van der Waals surface area contributed by atoms with Gasteiger partial charge in [0.25, 0.3) is 5.91 Å². The predicted molar refractivity (Wildman–Crippen MR) is 103 cm³/mol. The highest BCUT2D eigenvalue weighted by Crippen LogP contribution is 2.27. The Morgan fingerprint density at radius 3 is 2.85 bits per heavy atom. The van der Waals surface area contributed by atoms with Crippen LogP contribution in [0.25, 0.3) is 16.3 Å². The van der Waals surface area contributed by atoms with Crippen LogP contribution in [0.2, 0.25) is 0 Å². The molecule has 26 heavy (non-hydrogen) atoms. The van der Waals surface area contributed by atoms with Crippen LogP contribution in [-0.2, 0) is 11.8 Å². The summed E-state index contributed by atoms with van der Waals surface area (Å²) in [4.78, 5) is 27.7. The fourth-order valence-electron chi connectivity index (χ4n) is 2.36. The van der Waals surface area contributed by atoms with Crippen molar-refractivity contribution in [3.63, 3.8) is 0 Å². The Bertz CT molecular complexity index is 1080. The predicted octanol–water partition coefficient (Wildman–Crippen LogP) is 3.75. The first-order chi connectivity index (χ1) is 12.5. The third kappa shape index (κ3) is 3.73. The van der Waals surface area contributed by atoms with E-state index in [2.05, 4.69) is 4.99 Å². The summed E-state index contributed by atoms with van der Waals surface area (Å²) in [7, 11) is 1.83. The Balaban J connectivity index is 1.90. The lowest BCUT2D eigenvalue weighted by Gasteiger charge is -2.05. The van der Waals surface area contributed by atoms with Crippen LogP contribution in [0.4, 0.5) is 5.00 Å². The van der Waals surface area contributed by atoms with E-state index in [4.69, 9.17) is 4.74 Å². The molecule has 0 bridgehead atoms. The van der Waals surface area contributed by atoms with Crippen molar-refractivity contribution in [1.82, 2.24) is 4.57 Å². The van der Waals surface area contributed by atoms with Gasteiger partial charge in [-0.25, -0.2) is 0 Å². The van der Waals surface area contributed by atoms with Crippen molar-refractivity contribution in [2.75, 3.05) is 6.61 Å². The van der Waals surface area contributed by atoms with E-state index >= 15 is 0 Å². The highest BCUT2D eigenvalue weighted by molar-refractivity contribution is 7.16. The fraction of sp³-hybridized carbons (Fsp3) is 0.176. The van der Waals surface area contributed by atoms with Gasteiger partial charge < -0.3 is 9.30 Å². The van der Waals surface area contributed by atoms with Crippen molar-refractivity contribution in [2.24, 2.45) is 12.0 Å². The number of hydrogen-bond donors (Lipinski definition) is 0. The van der Waals surface area contributed by atoms with Crippen LogP contribution in [0.5, 0.6) is 5.75 Å². The average Bonchev–Trinajstić information content (AvgIpc) is 3.20. The molecule has 0 saturated heterocycles. The Morgan fingerprint density at radius 1 is 1.35 bits per heavy atom. The highest BCUT2D eigenvalue weighted by atomic mass is 32.1. The molecule has 0 saturated carbocycles. The van der Waals surface area contributed by atoms with Crippen LogP contribution < -0.4 is 9.54 Å². The van der Waals surface area contributed by atoms with Crippen molar-refractivity contribution in [1.29, 1.82) is 0 Å². The maximum absolute atomic E-state index is 12.1. The Hall–Kier alpha value is -2.78. The second-order valence-corrected chi connectivity index (χ2v) is 7.30. The minimum Gasteiger partial charge on any atom is -0.492 e. The van der Waals surface area contributed by atoms with Gasteiger partial charge in [0.05, 0.1) is 16.2 Å². The van der Waals surface area contributed by atoms with Gasteiger partial charge in [-0.05, 0) is 31.2 Å². The second kappa shape index (κ2) is 7.63. The number of aryl methyl sites for hydroxylation is 1. The molecule has 0 fully saturated rings. The molecule has 0 aliphatic carbocycles. The Morgan fingerprint density at radius 2 is 2.15 bits per heavy atom. The summed E-state index contributed by atoms with van der Waals surface area (Å²) in [5.74, 6) is 0.320. The third-order valence-electron chi connectivity index (χ3n) is 3.47. The molecule has 0 spiro atoms. The summed E-state index contributed by atoms with van der Waals surface area (Å²) >= 11 is 2.40. The van der Waals surface area contributed by atoms with E-state index in [-0.39, 0.29) is 5.00 Å². The number of fused-ring (bicyclic) bond motifs is 1. The van der Waals surface area contributed by atoms with Crippen molar-refractivity contribution in [2.45, 2.75) is 6.92 Å². The minimum absolute atomic E-state index is 0.0356. The summed E-state index contributed by atoms with van der Waals surface area (Å²) in [5.41, 5.74) is 0.892. The molecule has 0 N–H and O–H groups in total. The van der Waals surface area contributed by atoms with Crippen molar-refractivity contribution >= 4 is 49.9 Å². The molecule has 0 atom stereocenters. The minimum atomic E-state index is -0.457. The standard InChI is InChI=1S/C17H15N3O4S2/c1-3-24-12-5-4-6-13-16(12)19(2)17(26-13)18-14(21)9-7-11-8-10-15(25-11)20(22)23/h4-10H,3H2,1-2H3. The van der Waals surface area contributed by atoms with E-state index in [0.717, 1.165) is 27.3 Å². The molecule has 2 aromatic heterocycles. The SMILES string of the molecule is CCOc1cccc2sc(=NC(=O)C=Cc3ccc([N+](=O)[O-])s3)n(C)c12. The molecule has 0 aliphatic rings. The van der Waals surface area contributed by atoms with Gasteiger partial charge in [0.2, 0.25) is 0 Å². The van der Waals surface area contributed by atoms with Gasteiger partial charge in [-0.1, -0.05) is 28.7 Å². The number of rotatable bonds is 5. The lowest BCUT2D eigenvalue weighted by Crippen LogP contribution is -2.12. The zero-order valence-electron chi connectivity index (χ0n) is 14.0. The number of ether oxygens (including phenoxy) is 1. The van der Waals surface area contributed by atoms with Crippen LogP contribution in [0, 0.1) is 10.1 Å². The summed E-state index contributed by atoms with van der Waals surface area (Å²) < 4.78 is 8.44. The van der Waals surface area contributed by atoms with Crippen molar-refractivity contribution in [3.8, 4) is 5.75 Å². The molecule has 3 rings (SSSR count). The molecular weight excluding hydrogens is 374 g/mol. The molecule has 9 heteroatoms. The molecule has 0 aliphatic heterocycles. The van der Waals surface area contributed by atoms with Crippen LogP contribution in [0.15, 0.2) is 41.4 Å². The van der Waals surface area contributed by atoms with Gasteiger partial charge in [0, 0.05) is 24.1 Å². The van der Waals surface area contributed by atoms with Gasteiger partial charge in [0.1, 0.15) is 11.3 Å². The first-order valence-corrected chi connectivity index (χ1v) is 9.35. The smallest absolute Gasteiger partial charge is 0.324 e. The summed E-state index contributed by atoms with van der Waals surface area (Å²) in [6.45, 7) is 2.47. The lowest BCUT2D eigenvalue weighted by molar-refractivity contribution is -0.380. The van der Waals surface area contributed by atoms with Gasteiger partial charge in [-0.3, -0.25) is 14.9 Å². The molecule has 1 amide bonds. The van der Waals surface area contributed by atoms with E-state index in [9.17, 15) is 14.9 Å². The maximum Gasteiger partial charge on any atom is 0.324 e. The normalized spacial score (nSPS) is 12.2. The zero-order valence-corrected chi connectivity index (χ0v) is 15.7. The molecule has 1 aromatic carbocycles. The van der Waals surface area contributed by atoms with Crippen molar-refractivity contribution in [3.05, 3.63) is 56.2 Å². The maximum atomic E-state index is 12.1. The van der Waals surface area contributed by atoms with E-state index < -0.39 is 10.8 Å². The van der Waals surface area contributed by atoms with Crippen LogP contribution in [-0.4, -0.2) is 22.0 Å². The van der Waals surface area contributed by atoms with Crippen molar-refractivity contribution < 1.29 is 14.5 Å². The number of carbonyl (C=O) groups is 1. The molecule has 2 heterocycles. The summed E-state index contributed by atoms with van der Waals surface area (Å²) in [6, 6.07) is 8.74. The molecule has 7 nitrogen and oxygen atoms in total. The number of amides is 1. The third-order valence-corrected chi connectivity index (χ3v) is 5.57. The number of carbonyl (C=O) groups excluding carboxylic acids is 1. The highest BCUT2D eigenvalue weighted by Gasteiger charge is 2.10. The fourth-order valence-corrected chi connectivity index (χ4v) is 4.13. The largest absolute Gasteiger partial charge is 0.492 e. The number of thiophene rings is 1.